The van der Waals surface area contributed by atoms with E-state index in [0.717, 1.165) is 30.4 Å². The lowest BCUT2D eigenvalue weighted by molar-refractivity contribution is 0.235. The molecule has 0 bridgehead atoms. The summed E-state index contributed by atoms with van der Waals surface area (Å²) in [6, 6.07) is 6.71. The highest BCUT2D eigenvalue weighted by atomic mass is 16.5. The molecular weight excluding hydrogens is 278 g/mol. The zero-order valence-electron chi connectivity index (χ0n) is 12.1. The second kappa shape index (κ2) is 4.69. The number of aromatic nitrogens is 2. The highest BCUT2D eigenvalue weighted by molar-refractivity contribution is 5.75. The number of amidine groups is 1. The summed E-state index contributed by atoms with van der Waals surface area (Å²) in [5, 5.41) is 0. The number of nitrogen functional groups attached to an aromatic ring is 1. The van der Waals surface area contributed by atoms with Gasteiger partial charge in [0.1, 0.15) is 24.3 Å². The van der Waals surface area contributed by atoms with Gasteiger partial charge in [0.05, 0.1) is 0 Å². The van der Waals surface area contributed by atoms with Crippen molar-refractivity contribution in [2.75, 3.05) is 12.3 Å². The molecule has 1 aromatic heterocycles. The van der Waals surface area contributed by atoms with E-state index >= 15 is 0 Å². The Morgan fingerprint density at radius 1 is 1.18 bits per heavy atom. The van der Waals surface area contributed by atoms with E-state index in [0.29, 0.717) is 18.4 Å². The Morgan fingerprint density at radius 2 is 2.09 bits per heavy atom. The molecule has 112 valence electrons. The number of nitrogens with two attached hydrogens (primary N) is 2. The quantitative estimate of drug-likeness (QED) is 0.826. The van der Waals surface area contributed by atoms with Crippen molar-refractivity contribution >= 4 is 11.8 Å². The third-order valence-corrected chi connectivity index (χ3v) is 4.48. The number of anilines is 1. The molecule has 6 nitrogen and oxygen atoms in total. The van der Waals surface area contributed by atoms with E-state index < -0.39 is 0 Å². The number of fused-ring (bicyclic) bond motifs is 1. The number of nitrogens with zero attached hydrogens (tertiary/aromatic N) is 3. The van der Waals surface area contributed by atoms with Crippen LogP contribution in [0.2, 0.25) is 0 Å². The molecule has 0 radical (unpaired) electrons. The minimum Gasteiger partial charge on any atom is -0.463 e. The number of hydrogen-bond donors (Lipinski definition) is 2. The van der Waals surface area contributed by atoms with Crippen molar-refractivity contribution in [3.05, 3.63) is 41.9 Å². The van der Waals surface area contributed by atoms with Gasteiger partial charge < -0.3 is 16.2 Å². The van der Waals surface area contributed by atoms with E-state index in [2.05, 4.69) is 33.2 Å². The standard InChI is InChI=1S/C16H17N5O/c17-14-13(7-19-9-20-14)11-2-1-10-3-4-16(6-12(10)5-11)8-22-15(18)21-16/h1-2,5,7,9H,3-4,6,8H2,(H2,18,21)(H2,17,19,20)/t16-/m0/s1. The summed E-state index contributed by atoms with van der Waals surface area (Å²) in [5.74, 6) is 0.493. The van der Waals surface area contributed by atoms with Crippen LogP contribution in [0.25, 0.3) is 11.1 Å². The Morgan fingerprint density at radius 3 is 2.86 bits per heavy atom. The molecule has 0 saturated carbocycles. The van der Waals surface area contributed by atoms with Crippen molar-refractivity contribution in [1.82, 2.24) is 9.97 Å². The molecule has 1 aliphatic heterocycles. The number of ether oxygens (including phenoxy) is 1. The van der Waals surface area contributed by atoms with Gasteiger partial charge in [-0.25, -0.2) is 15.0 Å². The average molecular weight is 295 g/mol. The summed E-state index contributed by atoms with van der Waals surface area (Å²) in [6.45, 7) is 0.569. The van der Waals surface area contributed by atoms with Crippen LogP contribution in [-0.2, 0) is 17.6 Å². The minimum absolute atomic E-state index is 0.200. The topological polar surface area (TPSA) is 99.4 Å². The lowest BCUT2D eigenvalue weighted by Crippen LogP contribution is -2.35. The van der Waals surface area contributed by atoms with Crippen LogP contribution in [0.15, 0.2) is 35.7 Å². The van der Waals surface area contributed by atoms with E-state index in [1.165, 1.54) is 17.5 Å². The minimum atomic E-state index is -0.200. The van der Waals surface area contributed by atoms with Crippen LogP contribution in [0.3, 0.4) is 0 Å². The molecule has 2 aliphatic rings. The van der Waals surface area contributed by atoms with Crippen LogP contribution in [0.5, 0.6) is 0 Å². The molecule has 4 rings (SSSR count). The van der Waals surface area contributed by atoms with Crippen molar-refractivity contribution in [2.45, 2.75) is 24.8 Å². The first-order valence-electron chi connectivity index (χ1n) is 7.31. The van der Waals surface area contributed by atoms with E-state index in [1.807, 2.05) is 0 Å². The molecule has 1 aliphatic carbocycles. The Bertz CT molecular complexity index is 773. The average Bonchev–Trinajstić information content (AvgIpc) is 2.87. The smallest absolute Gasteiger partial charge is 0.282 e. The van der Waals surface area contributed by atoms with Gasteiger partial charge in [-0.05, 0) is 29.5 Å². The first-order chi connectivity index (χ1) is 10.7. The largest absolute Gasteiger partial charge is 0.463 e. The van der Waals surface area contributed by atoms with Crippen LogP contribution in [0.4, 0.5) is 5.82 Å². The van der Waals surface area contributed by atoms with Crippen molar-refractivity contribution in [2.24, 2.45) is 10.7 Å². The second-order valence-electron chi connectivity index (χ2n) is 5.94. The lowest BCUT2D eigenvalue weighted by Gasteiger charge is -2.30. The number of rotatable bonds is 1. The zero-order valence-corrected chi connectivity index (χ0v) is 12.1. The molecule has 0 unspecified atom stereocenters. The molecule has 1 aromatic carbocycles. The maximum absolute atomic E-state index is 5.95. The Kier molecular flexibility index (Phi) is 2.79. The summed E-state index contributed by atoms with van der Waals surface area (Å²) in [7, 11) is 0. The summed E-state index contributed by atoms with van der Waals surface area (Å²) in [5.41, 5.74) is 16.0. The normalized spacial score (nSPS) is 23.0. The van der Waals surface area contributed by atoms with Crippen LogP contribution >= 0.6 is 0 Å². The SMILES string of the molecule is NC1=N[C@]2(CCc3ccc(-c4cncnc4N)cc3C2)CO1. The fraction of sp³-hybridized carbons (Fsp3) is 0.312. The highest BCUT2D eigenvalue weighted by Gasteiger charge is 2.39. The molecule has 0 saturated heterocycles. The van der Waals surface area contributed by atoms with Gasteiger partial charge in [-0.2, -0.15) is 0 Å². The molecule has 1 spiro atoms. The lowest BCUT2D eigenvalue weighted by atomic mass is 9.78. The number of aliphatic imine (C=N–C) groups is 1. The van der Waals surface area contributed by atoms with Gasteiger partial charge >= 0.3 is 0 Å². The molecule has 22 heavy (non-hydrogen) atoms. The third kappa shape index (κ3) is 2.07. The molecule has 4 N–H and O–H groups in total. The van der Waals surface area contributed by atoms with E-state index in [-0.39, 0.29) is 5.54 Å². The number of hydrogen-bond acceptors (Lipinski definition) is 6. The van der Waals surface area contributed by atoms with Crippen LogP contribution in [-0.4, -0.2) is 28.1 Å². The summed E-state index contributed by atoms with van der Waals surface area (Å²) in [6.07, 6.45) is 5.99. The third-order valence-electron chi connectivity index (χ3n) is 4.48. The molecular formula is C16H17N5O. The van der Waals surface area contributed by atoms with Gasteiger partial charge in [0.25, 0.3) is 6.02 Å². The van der Waals surface area contributed by atoms with Crippen LogP contribution in [0.1, 0.15) is 17.5 Å². The molecule has 2 heterocycles. The maximum Gasteiger partial charge on any atom is 0.282 e. The highest BCUT2D eigenvalue weighted by Crippen LogP contribution is 2.36. The fourth-order valence-corrected chi connectivity index (χ4v) is 3.30. The Hall–Kier alpha value is -2.63. The van der Waals surface area contributed by atoms with E-state index in [1.54, 1.807) is 6.20 Å². The van der Waals surface area contributed by atoms with Gasteiger partial charge in [-0.3, -0.25) is 0 Å². The van der Waals surface area contributed by atoms with Crippen molar-refractivity contribution in [3.63, 3.8) is 0 Å². The van der Waals surface area contributed by atoms with Crippen LogP contribution < -0.4 is 11.5 Å². The second-order valence-corrected chi connectivity index (χ2v) is 5.94. The molecule has 0 amide bonds. The molecule has 2 aromatic rings. The first-order valence-corrected chi connectivity index (χ1v) is 7.31. The predicted molar refractivity (Wildman–Crippen MR) is 84.2 cm³/mol. The monoisotopic (exact) mass is 295 g/mol. The summed E-state index contributed by atoms with van der Waals surface area (Å²) < 4.78 is 5.38. The van der Waals surface area contributed by atoms with Gasteiger partial charge in [0, 0.05) is 18.2 Å². The zero-order chi connectivity index (χ0) is 15.2. The van der Waals surface area contributed by atoms with Gasteiger partial charge in [-0.15, -0.1) is 0 Å². The van der Waals surface area contributed by atoms with E-state index in [4.69, 9.17) is 16.2 Å². The Labute approximate surface area is 128 Å². The summed E-state index contributed by atoms with van der Waals surface area (Å²) in [4.78, 5) is 12.6. The Balaban J connectivity index is 1.73. The van der Waals surface area contributed by atoms with Crippen molar-refractivity contribution < 1.29 is 4.74 Å². The van der Waals surface area contributed by atoms with Gasteiger partial charge in [0.2, 0.25) is 0 Å². The molecule has 1 atom stereocenters. The van der Waals surface area contributed by atoms with Crippen molar-refractivity contribution in [3.8, 4) is 11.1 Å². The molecule has 0 fully saturated rings. The van der Waals surface area contributed by atoms with E-state index in [9.17, 15) is 0 Å². The predicted octanol–water partition coefficient (Wildman–Crippen LogP) is 1.30. The van der Waals surface area contributed by atoms with Gasteiger partial charge in [0.15, 0.2) is 0 Å². The summed E-state index contributed by atoms with van der Waals surface area (Å²) >= 11 is 0. The maximum atomic E-state index is 5.95. The fourth-order valence-electron chi connectivity index (χ4n) is 3.30. The van der Waals surface area contributed by atoms with Gasteiger partial charge in [-0.1, -0.05) is 18.2 Å². The molecule has 6 heteroatoms. The number of benzene rings is 1. The number of aryl methyl sites for hydroxylation is 1. The first kappa shape index (κ1) is 13.1. The van der Waals surface area contributed by atoms with Crippen LogP contribution in [0, 0.1) is 0 Å². The van der Waals surface area contributed by atoms with Crippen molar-refractivity contribution in [1.29, 1.82) is 0 Å².